The maximum absolute atomic E-state index is 13.2. The third-order valence-electron chi connectivity index (χ3n) is 4.42. The molecular weight excluding hydrogens is 483 g/mol. The Morgan fingerprint density at radius 1 is 1.37 bits per heavy atom. The number of rotatable bonds is 7. The molecule has 1 N–H and O–H groups in total. The largest absolute Gasteiger partial charge is 0.404 e. The van der Waals surface area contributed by atoms with Gasteiger partial charge in [-0.15, -0.1) is 0 Å². The first kappa shape index (κ1) is 21.9. The van der Waals surface area contributed by atoms with E-state index in [9.17, 15) is 19.3 Å². The number of carbonyl (C=O) groups is 1. The van der Waals surface area contributed by atoms with Crippen molar-refractivity contribution in [1.29, 1.82) is 0 Å². The van der Waals surface area contributed by atoms with Gasteiger partial charge in [-0.1, -0.05) is 17.7 Å². The molecule has 158 valence electrons. The number of nitrogens with one attached hydrogen (secondary N) is 1. The van der Waals surface area contributed by atoms with Gasteiger partial charge in [0, 0.05) is 11.4 Å². The molecule has 12 heteroatoms. The number of carbonyl (C=O) groups excluding carboxylic acids is 1. The van der Waals surface area contributed by atoms with E-state index in [1.54, 1.807) is 24.6 Å². The van der Waals surface area contributed by atoms with E-state index >= 15 is 0 Å². The second-order valence-electron chi connectivity index (χ2n) is 6.56. The van der Waals surface area contributed by atoms with Gasteiger partial charge in [0.1, 0.15) is 10.3 Å². The van der Waals surface area contributed by atoms with Gasteiger partial charge < -0.3 is 15.4 Å². The van der Waals surface area contributed by atoms with Crippen LogP contribution in [0.25, 0.3) is 0 Å². The summed E-state index contributed by atoms with van der Waals surface area (Å²) in [7, 11) is 0. The fourth-order valence-corrected chi connectivity index (χ4v) is 3.57. The summed E-state index contributed by atoms with van der Waals surface area (Å²) in [6.45, 7) is 4.07. The van der Waals surface area contributed by atoms with Gasteiger partial charge in [-0.25, -0.2) is 4.39 Å². The van der Waals surface area contributed by atoms with Crippen molar-refractivity contribution in [1.82, 2.24) is 19.6 Å². The number of hydrogen-bond donors (Lipinski definition) is 1. The number of aryl methyl sites for hydroxylation is 2. The molecular formula is C18H17BrClFN6O3. The summed E-state index contributed by atoms with van der Waals surface area (Å²) in [6.07, 6.45) is 1.52. The molecule has 0 unspecified atom stereocenters. The number of nitrogens with zero attached hydrogens (tertiary/aromatic N) is 5. The lowest BCUT2D eigenvalue weighted by Crippen LogP contribution is -2.16. The second kappa shape index (κ2) is 8.92. The molecule has 9 nitrogen and oxygen atoms in total. The average molecular weight is 500 g/mol. The third-order valence-corrected chi connectivity index (χ3v) is 5.33. The summed E-state index contributed by atoms with van der Waals surface area (Å²) in [4.78, 5) is 22.6. The van der Waals surface area contributed by atoms with E-state index in [-0.39, 0.29) is 29.2 Å². The highest BCUT2D eigenvalue weighted by atomic mass is 79.9. The van der Waals surface area contributed by atoms with Gasteiger partial charge in [-0.05, 0) is 52.4 Å². The number of amides is 1. The van der Waals surface area contributed by atoms with E-state index < -0.39 is 10.7 Å². The molecule has 0 radical (unpaired) electrons. The molecule has 2 aromatic heterocycles. The standard InChI is InChI=1S/C18H17BrClFN6O3/c1-10-17(11(2)26(23-10)8-12-3-4-13(21)7-15(12)20)22-16(28)5-6-25-9-14(19)18(24-25)27(29)30/h3-4,7,9H,5-6,8H2,1-2H3,(H,22,28). The van der Waals surface area contributed by atoms with Gasteiger partial charge in [0.05, 0.1) is 41.5 Å². The van der Waals surface area contributed by atoms with Crippen molar-refractivity contribution in [3.63, 3.8) is 0 Å². The van der Waals surface area contributed by atoms with Crippen LogP contribution in [-0.4, -0.2) is 30.4 Å². The first-order chi connectivity index (χ1) is 14.2. The minimum Gasteiger partial charge on any atom is -0.358 e. The number of anilines is 1. The Kier molecular flexibility index (Phi) is 6.52. The maximum atomic E-state index is 13.2. The Balaban J connectivity index is 1.67. The van der Waals surface area contributed by atoms with Crippen molar-refractivity contribution >= 4 is 44.9 Å². The normalized spacial score (nSPS) is 11.0. The van der Waals surface area contributed by atoms with E-state index in [0.717, 1.165) is 5.69 Å². The van der Waals surface area contributed by atoms with E-state index in [4.69, 9.17) is 11.6 Å². The Labute approximate surface area is 184 Å². The summed E-state index contributed by atoms with van der Waals surface area (Å²) in [5.41, 5.74) is 2.62. The Morgan fingerprint density at radius 2 is 2.10 bits per heavy atom. The Bertz CT molecular complexity index is 1130. The molecule has 3 aromatic rings. The Morgan fingerprint density at radius 3 is 2.73 bits per heavy atom. The molecule has 0 fully saturated rings. The minimum atomic E-state index is -0.602. The van der Waals surface area contributed by atoms with Crippen LogP contribution in [0.15, 0.2) is 28.9 Å². The zero-order valence-electron chi connectivity index (χ0n) is 16.0. The number of halogens is 3. The summed E-state index contributed by atoms with van der Waals surface area (Å²) < 4.78 is 16.5. The van der Waals surface area contributed by atoms with Gasteiger partial charge in [0.2, 0.25) is 5.91 Å². The number of hydrogen-bond acceptors (Lipinski definition) is 5. The van der Waals surface area contributed by atoms with Crippen molar-refractivity contribution in [2.24, 2.45) is 0 Å². The van der Waals surface area contributed by atoms with Crippen molar-refractivity contribution < 1.29 is 14.1 Å². The van der Waals surface area contributed by atoms with Gasteiger partial charge >= 0.3 is 5.82 Å². The van der Waals surface area contributed by atoms with Crippen LogP contribution in [0.1, 0.15) is 23.4 Å². The number of benzene rings is 1. The van der Waals surface area contributed by atoms with Crippen LogP contribution < -0.4 is 5.32 Å². The minimum absolute atomic E-state index is 0.0686. The molecule has 0 bridgehead atoms. The van der Waals surface area contributed by atoms with Crippen molar-refractivity contribution in [3.8, 4) is 0 Å². The van der Waals surface area contributed by atoms with Crippen LogP contribution in [0.2, 0.25) is 5.02 Å². The van der Waals surface area contributed by atoms with E-state index in [1.807, 2.05) is 0 Å². The zero-order chi connectivity index (χ0) is 22.0. The van der Waals surface area contributed by atoms with E-state index in [1.165, 1.54) is 23.0 Å². The molecule has 0 atom stereocenters. The van der Waals surface area contributed by atoms with Crippen LogP contribution in [0.3, 0.4) is 0 Å². The molecule has 0 saturated heterocycles. The highest BCUT2D eigenvalue weighted by molar-refractivity contribution is 9.10. The lowest BCUT2D eigenvalue weighted by Gasteiger charge is -2.08. The molecule has 1 aromatic carbocycles. The molecule has 0 aliphatic rings. The van der Waals surface area contributed by atoms with Crippen molar-refractivity contribution in [2.75, 3.05) is 5.32 Å². The molecule has 0 spiro atoms. The summed E-state index contributed by atoms with van der Waals surface area (Å²) in [6, 6.07) is 4.16. The highest BCUT2D eigenvalue weighted by Gasteiger charge is 2.20. The van der Waals surface area contributed by atoms with Gasteiger partial charge in [-0.3, -0.25) is 9.48 Å². The lowest BCUT2D eigenvalue weighted by atomic mass is 10.2. The van der Waals surface area contributed by atoms with Crippen molar-refractivity contribution in [2.45, 2.75) is 33.4 Å². The molecule has 0 aliphatic heterocycles. The van der Waals surface area contributed by atoms with Crippen LogP contribution in [0.4, 0.5) is 15.9 Å². The molecule has 1 amide bonds. The maximum Gasteiger partial charge on any atom is 0.404 e. The molecule has 2 heterocycles. The van der Waals surface area contributed by atoms with Crippen LogP contribution in [0.5, 0.6) is 0 Å². The average Bonchev–Trinajstić information content (AvgIpc) is 3.17. The molecule has 0 saturated carbocycles. The Hall–Kier alpha value is -2.79. The second-order valence-corrected chi connectivity index (χ2v) is 7.82. The van der Waals surface area contributed by atoms with Crippen LogP contribution in [-0.2, 0) is 17.9 Å². The van der Waals surface area contributed by atoms with Crippen LogP contribution in [0, 0.1) is 29.8 Å². The molecule has 3 rings (SSSR count). The van der Waals surface area contributed by atoms with E-state index in [0.29, 0.717) is 28.5 Å². The highest BCUT2D eigenvalue weighted by Crippen LogP contribution is 2.24. The number of aromatic nitrogens is 4. The first-order valence-electron chi connectivity index (χ1n) is 8.81. The zero-order valence-corrected chi connectivity index (χ0v) is 18.4. The number of nitro groups is 1. The lowest BCUT2D eigenvalue weighted by molar-refractivity contribution is -0.390. The quantitative estimate of drug-likeness (QED) is 0.386. The van der Waals surface area contributed by atoms with Crippen LogP contribution >= 0.6 is 27.5 Å². The fourth-order valence-electron chi connectivity index (χ4n) is 2.89. The predicted molar refractivity (Wildman–Crippen MR) is 112 cm³/mol. The third kappa shape index (κ3) is 4.85. The van der Waals surface area contributed by atoms with Gasteiger partial charge in [0.25, 0.3) is 0 Å². The monoisotopic (exact) mass is 498 g/mol. The SMILES string of the molecule is Cc1nn(Cc2ccc(F)cc2Cl)c(C)c1NC(=O)CCn1cc(Br)c([N+](=O)[O-])n1. The van der Waals surface area contributed by atoms with Crippen molar-refractivity contribution in [3.05, 3.63) is 66.8 Å². The predicted octanol–water partition coefficient (Wildman–Crippen LogP) is 4.24. The fraction of sp³-hybridized carbons (Fsp3) is 0.278. The molecule has 30 heavy (non-hydrogen) atoms. The van der Waals surface area contributed by atoms with E-state index in [2.05, 4.69) is 31.4 Å². The van der Waals surface area contributed by atoms with Gasteiger partial charge in [0.15, 0.2) is 0 Å². The summed E-state index contributed by atoms with van der Waals surface area (Å²) >= 11 is 9.16. The van der Waals surface area contributed by atoms with Gasteiger partial charge in [-0.2, -0.15) is 9.78 Å². The summed E-state index contributed by atoms with van der Waals surface area (Å²) in [5, 5.41) is 22.2. The topological polar surface area (TPSA) is 108 Å². The first-order valence-corrected chi connectivity index (χ1v) is 9.98. The molecule has 0 aliphatic carbocycles. The smallest absolute Gasteiger partial charge is 0.358 e. The summed E-state index contributed by atoms with van der Waals surface area (Å²) in [5.74, 6) is -1.00.